The lowest BCUT2D eigenvalue weighted by Gasteiger charge is -2.34. The van der Waals surface area contributed by atoms with Crippen LogP contribution in [0.15, 0.2) is 42.0 Å². The van der Waals surface area contributed by atoms with Gasteiger partial charge >= 0.3 is 11.9 Å². The molecule has 2 aliphatic heterocycles. The van der Waals surface area contributed by atoms with E-state index in [2.05, 4.69) is 4.90 Å². The fourth-order valence-corrected chi connectivity index (χ4v) is 4.21. The number of hydrogen-bond donors (Lipinski definition) is 3. The first-order valence-electron chi connectivity index (χ1n) is 10.8. The topological polar surface area (TPSA) is 117 Å². The van der Waals surface area contributed by atoms with Gasteiger partial charge in [0.2, 0.25) is 5.60 Å². The molecule has 1 unspecified atom stereocenters. The number of esters is 2. The second kappa shape index (κ2) is 9.85. The molecule has 0 aromatic heterocycles. The summed E-state index contributed by atoms with van der Waals surface area (Å²) < 4.78 is 10.7. The molecule has 3 rings (SSSR count). The molecule has 0 bridgehead atoms. The third-order valence-corrected chi connectivity index (χ3v) is 6.23. The first-order chi connectivity index (χ1) is 15.1. The van der Waals surface area contributed by atoms with Crippen molar-refractivity contribution in [1.82, 2.24) is 4.90 Å². The molecule has 0 saturated carbocycles. The molecule has 1 aromatic rings. The molecule has 0 aliphatic carbocycles. The Bertz CT molecular complexity index is 892. The SMILES string of the molecule is CC(C)[C@@](O)(C(=O)OCC1=CCN2CC[C@H](O)[C@@H]12)C(C)OC(=O)/C=C/c1ccc(O)cc1. The zero-order valence-corrected chi connectivity index (χ0v) is 18.6. The molecule has 2 heterocycles. The minimum Gasteiger partial charge on any atom is -0.508 e. The highest BCUT2D eigenvalue weighted by molar-refractivity contribution is 5.88. The van der Waals surface area contributed by atoms with Crippen molar-refractivity contribution >= 4 is 18.0 Å². The van der Waals surface area contributed by atoms with Crippen molar-refractivity contribution in [3.8, 4) is 5.75 Å². The Labute approximate surface area is 187 Å². The number of aliphatic hydroxyl groups excluding tert-OH is 1. The van der Waals surface area contributed by atoms with Gasteiger partial charge in [-0.15, -0.1) is 0 Å². The van der Waals surface area contributed by atoms with Crippen molar-refractivity contribution < 1.29 is 34.4 Å². The predicted molar refractivity (Wildman–Crippen MR) is 118 cm³/mol. The third kappa shape index (κ3) is 5.03. The number of aliphatic hydroxyl groups is 2. The highest BCUT2D eigenvalue weighted by Gasteiger charge is 2.49. The average Bonchev–Trinajstić information content (AvgIpc) is 3.33. The number of benzene rings is 1. The van der Waals surface area contributed by atoms with Crippen LogP contribution in [-0.2, 0) is 19.1 Å². The van der Waals surface area contributed by atoms with Crippen LogP contribution in [-0.4, -0.2) is 75.7 Å². The molecule has 2 aliphatic rings. The van der Waals surface area contributed by atoms with E-state index in [9.17, 15) is 24.9 Å². The van der Waals surface area contributed by atoms with Gasteiger partial charge in [0.25, 0.3) is 0 Å². The first-order valence-corrected chi connectivity index (χ1v) is 10.8. The number of nitrogens with zero attached hydrogens (tertiary/aromatic N) is 1. The summed E-state index contributed by atoms with van der Waals surface area (Å²) in [5.41, 5.74) is -0.537. The van der Waals surface area contributed by atoms with Crippen LogP contribution in [0.3, 0.4) is 0 Å². The van der Waals surface area contributed by atoms with Gasteiger partial charge in [-0.2, -0.15) is 0 Å². The Kier molecular flexibility index (Phi) is 7.38. The van der Waals surface area contributed by atoms with Gasteiger partial charge in [0.1, 0.15) is 18.5 Å². The van der Waals surface area contributed by atoms with Crippen molar-refractivity contribution in [2.75, 3.05) is 19.7 Å². The second-order valence-corrected chi connectivity index (χ2v) is 8.63. The van der Waals surface area contributed by atoms with Crippen molar-refractivity contribution in [1.29, 1.82) is 0 Å². The summed E-state index contributed by atoms with van der Waals surface area (Å²) in [6.45, 7) is 6.20. The van der Waals surface area contributed by atoms with Crippen LogP contribution in [0.1, 0.15) is 32.8 Å². The monoisotopic (exact) mass is 445 g/mol. The lowest BCUT2D eigenvalue weighted by molar-refractivity contribution is -0.191. The van der Waals surface area contributed by atoms with E-state index in [1.807, 2.05) is 6.08 Å². The molecule has 4 atom stereocenters. The third-order valence-electron chi connectivity index (χ3n) is 6.23. The Morgan fingerprint density at radius 1 is 1.25 bits per heavy atom. The maximum Gasteiger partial charge on any atom is 0.342 e. The van der Waals surface area contributed by atoms with Gasteiger partial charge in [-0.3, -0.25) is 4.90 Å². The minimum absolute atomic E-state index is 0.0342. The van der Waals surface area contributed by atoms with Crippen molar-refractivity contribution in [3.05, 3.63) is 47.6 Å². The zero-order valence-electron chi connectivity index (χ0n) is 18.6. The maximum atomic E-state index is 12.9. The van der Waals surface area contributed by atoms with Crippen LogP contribution >= 0.6 is 0 Å². The smallest absolute Gasteiger partial charge is 0.342 e. The number of carbonyl (C=O) groups excluding carboxylic acids is 2. The number of ether oxygens (including phenoxy) is 2. The van der Waals surface area contributed by atoms with Crippen LogP contribution in [0.25, 0.3) is 6.08 Å². The molecule has 8 nitrogen and oxygen atoms in total. The van der Waals surface area contributed by atoms with Crippen LogP contribution in [0, 0.1) is 5.92 Å². The Morgan fingerprint density at radius 2 is 1.94 bits per heavy atom. The molecule has 174 valence electrons. The standard InChI is InChI=1S/C24H31NO7/c1-15(2)24(30,16(3)32-21(28)9-6-17-4-7-19(26)8-5-17)23(29)31-14-18-10-12-25-13-11-20(27)22(18)25/h4-10,15-16,20,22,26-27,30H,11-14H2,1-3H3/b9-6+/t16?,20-,22+,24-/m0/s1. The Morgan fingerprint density at radius 3 is 2.59 bits per heavy atom. The molecule has 1 aromatic carbocycles. The molecule has 0 amide bonds. The molecule has 1 saturated heterocycles. The van der Waals surface area contributed by atoms with E-state index in [1.54, 1.807) is 26.0 Å². The van der Waals surface area contributed by atoms with Crippen LogP contribution in [0.2, 0.25) is 0 Å². The zero-order chi connectivity index (χ0) is 23.5. The number of phenols is 1. The van der Waals surface area contributed by atoms with Gasteiger partial charge in [-0.25, -0.2) is 9.59 Å². The summed E-state index contributed by atoms with van der Waals surface area (Å²) in [5, 5.41) is 30.6. The highest BCUT2D eigenvalue weighted by Crippen LogP contribution is 2.31. The fourth-order valence-electron chi connectivity index (χ4n) is 4.21. The molecular weight excluding hydrogens is 414 g/mol. The van der Waals surface area contributed by atoms with Crippen LogP contribution in [0.4, 0.5) is 0 Å². The van der Waals surface area contributed by atoms with Gasteiger partial charge in [0.05, 0.1) is 12.1 Å². The van der Waals surface area contributed by atoms with Crippen molar-refractivity contribution in [2.24, 2.45) is 5.92 Å². The van der Waals surface area contributed by atoms with Gasteiger partial charge in [0, 0.05) is 19.2 Å². The predicted octanol–water partition coefficient (Wildman–Crippen LogP) is 1.64. The molecule has 0 radical (unpaired) electrons. The van der Waals surface area contributed by atoms with Gasteiger partial charge in [-0.05, 0) is 48.6 Å². The molecule has 3 N–H and O–H groups in total. The van der Waals surface area contributed by atoms with Gasteiger partial charge < -0.3 is 24.8 Å². The van der Waals surface area contributed by atoms with E-state index >= 15 is 0 Å². The average molecular weight is 446 g/mol. The van der Waals surface area contributed by atoms with E-state index in [4.69, 9.17) is 9.47 Å². The number of carbonyl (C=O) groups is 2. The number of hydrogen-bond acceptors (Lipinski definition) is 8. The van der Waals surface area contributed by atoms with Crippen LogP contribution < -0.4 is 0 Å². The summed E-state index contributed by atoms with van der Waals surface area (Å²) >= 11 is 0. The number of fused-ring (bicyclic) bond motifs is 1. The second-order valence-electron chi connectivity index (χ2n) is 8.63. The summed E-state index contributed by atoms with van der Waals surface area (Å²) in [4.78, 5) is 27.2. The van der Waals surface area contributed by atoms with E-state index in [-0.39, 0.29) is 18.4 Å². The van der Waals surface area contributed by atoms with Crippen molar-refractivity contribution in [2.45, 2.75) is 51.0 Å². The summed E-state index contributed by atoms with van der Waals surface area (Å²) in [7, 11) is 0. The van der Waals surface area contributed by atoms with Gasteiger partial charge in [0.15, 0.2) is 0 Å². The quantitative estimate of drug-likeness (QED) is 0.314. The molecule has 0 spiro atoms. The lowest BCUT2D eigenvalue weighted by Crippen LogP contribution is -2.55. The number of aromatic hydroxyl groups is 1. The summed E-state index contributed by atoms with van der Waals surface area (Å²) in [5.74, 6) is -2.06. The van der Waals surface area contributed by atoms with E-state index in [0.717, 1.165) is 12.1 Å². The maximum absolute atomic E-state index is 12.9. The molecule has 8 heteroatoms. The largest absolute Gasteiger partial charge is 0.508 e. The number of rotatable bonds is 8. The minimum atomic E-state index is -2.03. The first kappa shape index (κ1) is 24.0. The highest BCUT2D eigenvalue weighted by atomic mass is 16.6. The van der Waals surface area contributed by atoms with E-state index in [0.29, 0.717) is 18.5 Å². The van der Waals surface area contributed by atoms with E-state index in [1.165, 1.54) is 31.2 Å². The normalized spacial score (nSPS) is 23.6. The van der Waals surface area contributed by atoms with E-state index < -0.39 is 35.7 Å². The fraction of sp³-hybridized carbons (Fsp3) is 0.500. The molecule has 1 fully saturated rings. The summed E-state index contributed by atoms with van der Waals surface area (Å²) in [6.07, 6.45) is 3.66. The Hall–Kier alpha value is -2.68. The number of phenolic OH excluding ortho intramolecular Hbond substituents is 1. The molecule has 32 heavy (non-hydrogen) atoms. The molecular formula is C24H31NO7. The lowest BCUT2D eigenvalue weighted by atomic mass is 9.85. The van der Waals surface area contributed by atoms with Crippen LogP contribution in [0.5, 0.6) is 5.75 Å². The summed E-state index contributed by atoms with van der Waals surface area (Å²) in [6, 6.07) is 6.08. The van der Waals surface area contributed by atoms with Gasteiger partial charge in [-0.1, -0.05) is 32.1 Å². The Balaban J connectivity index is 1.60. The van der Waals surface area contributed by atoms with Crippen molar-refractivity contribution in [3.63, 3.8) is 0 Å².